The first-order valence-electron chi connectivity index (χ1n) is 6.65. The number of hydrogen-bond donors (Lipinski definition) is 1. The molecule has 7 nitrogen and oxygen atoms in total. The van der Waals surface area contributed by atoms with Crippen molar-refractivity contribution >= 4 is 32.9 Å². The number of sulfone groups is 1. The van der Waals surface area contributed by atoms with E-state index in [-0.39, 0.29) is 24.8 Å². The number of nitrogens with one attached hydrogen (secondary N) is 1. The summed E-state index contributed by atoms with van der Waals surface area (Å²) in [6.07, 6.45) is -0.654. The Hall–Kier alpha value is -1.02. The fourth-order valence-electron chi connectivity index (χ4n) is 2.81. The van der Waals surface area contributed by atoms with Crippen LogP contribution in [-0.2, 0) is 14.6 Å². The molecule has 2 fully saturated rings. The fourth-order valence-corrected chi connectivity index (χ4v) is 5.25. The molecule has 2 rings (SSSR count). The number of likely N-dealkylation sites (tertiary alicyclic amines) is 1. The minimum atomic E-state index is -3.35. The molecule has 0 radical (unpaired) electrons. The molecule has 1 N–H and O–H groups in total. The fraction of sp³-hybridized carbons (Fsp3) is 0.833. The van der Waals surface area contributed by atoms with Gasteiger partial charge in [-0.2, -0.15) is 0 Å². The van der Waals surface area contributed by atoms with Crippen molar-refractivity contribution in [3.8, 4) is 0 Å². The molecular weight excluding hydrogens is 320 g/mol. The number of nitrogens with zero attached hydrogens (tertiary/aromatic N) is 1. The van der Waals surface area contributed by atoms with Gasteiger partial charge in [-0.05, 0) is 32.4 Å². The highest BCUT2D eigenvalue weighted by molar-refractivity contribution is 7.92. The summed E-state index contributed by atoms with van der Waals surface area (Å²) in [7, 11) is -3.35. The van der Waals surface area contributed by atoms with Crippen molar-refractivity contribution < 1.29 is 22.7 Å². The van der Waals surface area contributed by atoms with Crippen LogP contribution < -0.4 is 5.32 Å². The second-order valence-electron chi connectivity index (χ2n) is 6.44. The molecular formula is C12H19ClN2O5S. The van der Waals surface area contributed by atoms with E-state index in [0.29, 0.717) is 0 Å². The minimum Gasteiger partial charge on any atom is -0.444 e. The van der Waals surface area contributed by atoms with Crippen LogP contribution in [0.15, 0.2) is 0 Å². The molecule has 0 unspecified atom stereocenters. The van der Waals surface area contributed by atoms with E-state index in [4.69, 9.17) is 16.3 Å². The first-order chi connectivity index (χ1) is 9.49. The topological polar surface area (TPSA) is 92.8 Å². The molecule has 0 aliphatic carbocycles. The number of ether oxygens (including phenoxy) is 1. The number of fused-ring (bicyclic) bond motifs is 1. The monoisotopic (exact) mass is 338 g/mol. The molecule has 2 aliphatic rings. The van der Waals surface area contributed by atoms with Crippen LogP contribution in [0, 0.1) is 5.92 Å². The third-order valence-electron chi connectivity index (χ3n) is 3.65. The molecule has 2 heterocycles. The van der Waals surface area contributed by atoms with Crippen molar-refractivity contribution in [2.45, 2.75) is 37.7 Å². The Balaban J connectivity index is 2.08. The number of amides is 2. The largest absolute Gasteiger partial charge is 0.444 e. The predicted octanol–water partition coefficient (Wildman–Crippen LogP) is 0.967. The molecule has 2 amide bonds. The quantitative estimate of drug-likeness (QED) is 0.568. The number of halogens is 1. The van der Waals surface area contributed by atoms with E-state index in [0.717, 1.165) is 0 Å². The van der Waals surface area contributed by atoms with Gasteiger partial charge in [0, 0.05) is 19.0 Å². The SMILES string of the molecule is CC(C)(C)OC(=O)N[C@H]1CS(=O)(=O)[C@@H]2CN(C(=O)Cl)C[C@H]12. The third kappa shape index (κ3) is 3.60. The smallest absolute Gasteiger partial charge is 0.407 e. The molecule has 0 aromatic carbocycles. The lowest BCUT2D eigenvalue weighted by atomic mass is 10.0. The van der Waals surface area contributed by atoms with Crippen LogP contribution in [0.1, 0.15) is 20.8 Å². The van der Waals surface area contributed by atoms with Crippen LogP contribution >= 0.6 is 11.6 Å². The highest BCUT2D eigenvalue weighted by Crippen LogP contribution is 2.34. The Bertz CT molecular complexity index is 556. The summed E-state index contributed by atoms with van der Waals surface area (Å²) in [4.78, 5) is 24.3. The molecule has 120 valence electrons. The lowest BCUT2D eigenvalue weighted by molar-refractivity contribution is 0.0498. The predicted molar refractivity (Wildman–Crippen MR) is 77.0 cm³/mol. The van der Waals surface area contributed by atoms with Gasteiger partial charge in [0.1, 0.15) is 5.60 Å². The average molecular weight is 339 g/mol. The Morgan fingerprint density at radius 3 is 2.43 bits per heavy atom. The Labute approximate surface area is 128 Å². The van der Waals surface area contributed by atoms with E-state index in [1.54, 1.807) is 20.8 Å². The maximum atomic E-state index is 12.1. The first-order valence-corrected chi connectivity index (χ1v) is 8.74. The van der Waals surface area contributed by atoms with Crippen molar-refractivity contribution in [1.29, 1.82) is 0 Å². The molecule has 3 atom stereocenters. The summed E-state index contributed by atoms with van der Waals surface area (Å²) in [6.45, 7) is 5.49. The molecule has 0 spiro atoms. The van der Waals surface area contributed by atoms with Gasteiger partial charge in [0.15, 0.2) is 9.84 Å². The van der Waals surface area contributed by atoms with Gasteiger partial charge in [-0.1, -0.05) is 0 Å². The summed E-state index contributed by atoms with van der Waals surface area (Å²) >= 11 is 5.41. The molecule has 2 aliphatic heterocycles. The van der Waals surface area contributed by atoms with Crippen molar-refractivity contribution in [2.75, 3.05) is 18.8 Å². The number of carbonyl (C=O) groups excluding carboxylic acids is 2. The van der Waals surface area contributed by atoms with Gasteiger partial charge < -0.3 is 15.0 Å². The zero-order chi connectivity index (χ0) is 16.0. The first kappa shape index (κ1) is 16.4. The number of carbonyl (C=O) groups is 2. The summed E-state index contributed by atoms with van der Waals surface area (Å²) in [5, 5.41) is 1.26. The van der Waals surface area contributed by atoms with E-state index in [2.05, 4.69) is 5.32 Å². The van der Waals surface area contributed by atoms with Gasteiger partial charge in [-0.15, -0.1) is 0 Å². The van der Waals surface area contributed by atoms with Crippen molar-refractivity contribution in [3.63, 3.8) is 0 Å². The summed E-state index contributed by atoms with van der Waals surface area (Å²) in [5.74, 6) is -0.475. The van der Waals surface area contributed by atoms with E-state index >= 15 is 0 Å². The van der Waals surface area contributed by atoms with E-state index in [9.17, 15) is 18.0 Å². The molecule has 21 heavy (non-hydrogen) atoms. The highest BCUT2D eigenvalue weighted by Gasteiger charge is 2.53. The summed E-state index contributed by atoms with van der Waals surface area (Å²) in [6, 6.07) is -0.559. The third-order valence-corrected chi connectivity index (χ3v) is 6.13. The number of rotatable bonds is 1. The molecule has 0 saturated carbocycles. The van der Waals surface area contributed by atoms with Crippen LogP contribution in [0.25, 0.3) is 0 Å². The normalized spacial score (nSPS) is 30.9. The minimum absolute atomic E-state index is 0.0852. The van der Waals surface area contributed by atoms with Crippen molar-refractivity contribution in [2.24, 2.45) is 5.92 Å². The maximum absolute atomic E-state index is 12.1. The second kappa shape index (κ2) is 5.31. The lowest BCUT2D eigenvalue weighted by Crippen LogP contribution is -2.44. The van der Waals surface area contributed by atoms with E-state index in [1.807, 2.05) is 0 Å². The van der Waals surface area contributed by atoms with E-state index < -0.39 is 38.2 Å². The lowest BCUT2D eigenvalue weighted by Gasteiger charge is -2.23. The highest BCUT2D eigenvalue weighted by atomic mass is 35.5. The molecule has 2 saturated heterocycles. The maximum Gasteiger partial charge on any atom is 0.407 e. The van der Waals surface area contributed by atoms with Gasteiger partial charge >= 0.3 is 11.5 Å². The number of hydrogen-bond acceptors (Lipinski definition) is 5. The summed E-state index contributed by atoms with van der Waals surface area (Å²) < 4.78 is 29.4. The summed E-state index contributed by atoms with van der Waals surface area (Å²) in [5.41, 5.74) is -0.658. The average Bonchev–Trinajstić information content (AvgIpc) is 2.77. The molecule has 0 aromatic rings. The van der Waals surface area contributed by atoms with Crippen LogP contribution in [0.3, 0.4) is 0 Å². The van der Waals surface area contributed by atoms with Crippen LogP contribution in [0.2, 0.25) is 0 Å². The van der Waals surface area contributed by atoms with Crippen molar-refractivity contribution in [3.05, 3.63) is 0 Å². The Morgan fingerprint density at radius 1 is 1.29 bits per heavy atom. The number of alkyl carbamates (subject to hydrolysis) is 1. The van der Waals surface area contributed by atoms with Gasteiger partial charge in [-0.25, -0.2) is 13.2 Å². The second-order valence-corrected chi connectivity index (χ2v) is 9.03. The van der Waals surface area contributed by atoms with Crippen LogP contribution in [-0.4, -0.2) is 60.5 Å². The zero-order valence-electron chi connectivity index (χ0n) is 12.1. The van der Waals surface area contributed by atoms with Gasteiger partial charge in [-0.3, -0.25) is 4.79 Å². The molecule has 0 aromatic heterocycles. The Morgan fingerprint density at radius 2 is 1.90 bits per heavy atom. The Kier molecular flexibility index (Phi) is 4.14. The van der Waals surface area contributed by atoms with Crippen molar-refractivity contribution in [1.82, 2.24) is 10.2 Å². The van der Waals surface area contributed by atoms with Gasteiger partial charge in [0.05, 0.1) is 17.0 Å². The van der Waals surface area contributed by atoms with Gasteiger partial charge in [0.25, 0.3) is 0 Å². The van der Waals surface area contributed by atoms with Crippen LogP contribution in [0.4, 0.5) is 9.59 Å². The molecule has 0 bridgehead atoms. The zero-order valence-corrected chi connectivity index (χ0v) is 13.7. The van der Waals surface area contributed by atoms with Crippen LogP contribution in [0.5, 0.6) is 0 Å². The standard InChI is InChI=1S/C12H19ClN2O5S/c1-12(2,3)20-11(17)14-8-6-21(18,19)9-5-15(10(13)16)4-7(8)9/h7-9H,4-6H2,1-3H3,(H,14,17)/t7-,8+,9-/m1/s1. The molecule has 9 heteroatoms. The van der Waals surface area contributed by atoms with E-state index in [1.165, 1.54) is 4.90 Å². The van der Waals surface area contributed by atoms with Gasteiger partial charge in [0.2, 0.25) is 0 Å².